The van der Waals surface area contributed by atoms with Crippen LogP contribution in [0.25, 0.3) is 0 Å². The van der Waals surface area contributed by atoms with Gasteiger partial charge in [-0.05, 0) is 42.5 Å². The van der Waals surface area contributed by atoms with E-state index in [2.05, 4.69) is 20.8 Å². The summed E-state index contributed by atoms with van der Waals surface area (Å²) in [7, 11) is 0. The van der Waals surface area contributed by atoms with E-state index in [0.29, 0.717) is 17.0 Å². The molecular weight excluding hydrogens is 380 g/mol. The van der Waals surface area contributed by atoms with E-state index in [9.17, 15) is 9.59 Å². The predicted molar refractivity (Wildman–Crippen MR) is 114 cm³/mol. The van der Waals surface area contributed by atoms with Gasteiger partial charge in [0.05, 0.1) is 17.2 Å². The molecule has 0 spiro atoms. The number of ether oxygens (including phenoxy) is 3. The van der Waals surface area contributed by atoms with Crippen LogP contribution in [0, 0.1) is 17.8 Å². The second-order valence-electron chi connectivity index (χ2n) is 8.40. The molecule has 2 aromatic rings. The average Bonchev–Trinajstić information content (AvgIpc) is 2.75. The molecule has 2 aromatic carbocycles. The highest BCUT2D eigenvalue weighted by molar-refractivity contribution is 5.90. The summed E-state index contributed by atoms with van der Waals surface area (Å²) in [5.41, 5.74) is 0.885. The van der Waals surface area contributed by atoms with Crippen molar-refractivity contribution in [1.82, 2.24) is 0 Å². The van der Waals surface area contributed by atoms with Crippen LogP contribution < -0.4 is 0 Å². The largest absolute Gasteiger partial charge is 0.452 e. The number of rotatable bonds is 6. The van der Waals surface area contributed by atoms with Crippen molar-refractivity contribution in [2.75, 3.05) is 0 Å². The zero-order chi connectivity index (χ0) is 21.7. The first-order valence-electron chi connectivity index (χ1n) is 10.5. The maximum atomic E-state index is 12.7. The van der Waals surface area contributed by atoms with Crippen LogP contribution in [0.2, 0.25) is 0 Å². The normalized spacial score (nSPS) is 26.2. The molecule has 5 heteroatoms. The van der Waals surface area contributed by atoms with Gasteiger partial charge >= 0.3 is 11.9 Å². The summed E-state index contributed by atoms with van der Waals surface area (Å²) >= 11 is 0. The van der Waals surface area contributed by atoms with Crippen LogP contribution in [-0.2, 0) is 14.2 Å². The summed E-state index contributed by atoms with van der Waals surface area (Å²) in [5.74, 6) is -0.410. The van der Waals surface area contributed by atoms with Crippen molar-refractivity contribution in [3.63, 3.8) is 0 Å². The number of carbonyl (C=O) groups excluding carboxylic acids is 2. The van der Waals surface area contributed by atoms with Gasteiger partial charge in [-0.1, -0.05) is 64.1 Å². The molecule has 1 heterocycles. The lowest BCUT2D eigenvalue weighted by molar-refractivity contribution is -0.251. The third kappa shape index (κ3) is 5.28. The van der Waals surface area contributed by atoms with Gasteiger partial charge in [0.2, 0.25) is 6.29 Å². The molecule has 0 radical (unpaired) electrons. The standard InChI is InChI=1S/C25H30O5/c1-16(2)15-21-17(3)18(4)22(29-23(26)19-11-7-5-8-12-19)25(28-21)30-24(27)20-13-9-6-10-14-20/h5-14,16-18,21-22,25H,15H2,1-4H3/t17-,18-,21+,22-,25?/m1/s1. The first-order valence-corrected chi connectivity index (χ1v) is 10.5. The lowest BCUT2D eigenvalue weighted by atomic mass is 9.80. The van der Waals surface area contributed by atoms with Crippen molar-refractivity contribution in [1.29, 1.82) is 0 Å². The Labute approximate surface area is 178 Å². The number of hydrogen-bond donors (Lipinski definition) is 0. The van der Waals surface area contributed by atoms with Gasteiger partial charge in [-0.3, -0.25) is 0 Å². The lowest BCUT2D eigenvalue weighted by Gasteiger charge is -2.44. The third-order valence-corrected chi connectivity index (χ3v) is 5.70. The molecule has 0 amide bonds. The first kappa shape index (κ1) is 22.0. The van der Waals surface area contributed by atoms with Crippen LogP contribution in [-0.4, -0.2) is 30.4 Å². The van der Waals surface area contributed by atoms with Crippen LogP contribution in [0.3, 0.4) is 0 Å². The molecule has 5 atom stereocenters. The Kier molecular flexibility index (Phi) is 7.27. The fraction of sp³-hybridized carbons (Fsp3) is 0.440. The molecule has 30 heavy (non-hydrogen) atoms. The summed E-state index contributed by atoms with van der Waals surface area (Å²) in [6, 6.07) is 17.6. The highest BCUT2D eigenvalue weighted by Gasteiger charge is 2.46. The van der Waals surface area contributed by atoms with Gasteiger partial charge in [-0.2, -0.15) is 0 Å². The summed E-state index contributed by atoms with van der Waals surface area (Å²) in [6.45, 7) is 8.38. The molecule has 3 rings (SSSR count). The van der Waals surface area contributed by atoms with E-state index in [-0.39, 0.29) is 17.9 Å². The Bertz CT molecular complexity index is 833. The van der Waals surface area contributed by atoms with Gasteiger partial charge in [0.1, 0.15) is 0 Å². The summed E-state index contributed by atoms with van der Waals surface area (Å²) in [4.78, 5) is 25.4. The van der Waals surface area contributed by atoms with Crippen LogP contribution in [0.5, 0.6) is 0 Å². The van der Waals surface area contributed by atoms with Crippen LogP contribution in [0.1, 0.15) is 54.8 Å². The quantitative estimate of drug-likeness (QED) is 0.619. The Morgan fingerprint density at radius 2 is 1.33 bits per heavy atom. The van der Waals surface area contributed by atoms with Crippen LogP contribution in [0.15, 0.2) is 60.7 Å². The van der Waals surface area contributed by atoms with Crippen LogP contribution >= 0.6 is 0 Å². The molecule has 0 N–H and O–H groups in total. The zero-order valence-electron chi connectivity index (χ0n) is 18.0. The maximum absolute atomic E-state index is 12.7. The zero-order valence-corrected chi connectivity index (χ0v) is 18.0. The molecule has 1 fully saturated rings. The lowest BCUT2D eigenvalue weighted by Crippen LogP contribution is -2.53. The fourth-order valence-electron chi connectivity index (χ4n) is 3.77. The van der Waals surface area contributed by atoms with E-state index in [1.165, 1.54) is 0 Å². The molecule has 0 aliphatic carbocycles. The van der Waals surface area contributed by atoms with Crippen molar-refractivity contribution in [2.45, 2.75) is 52.6 Å². The summed E-state index contributed by atoms with van der Waals surface area (Å²) < 4.78 is 17.7. The highest BCUT2D eigenvalue weighted by Crippen LogP contribution is 2.36. The van der Waals surface area contributed by atoms with E-state index in [1.54, 1.807) is 48.5 Å². The molecular formula is C25H30O5. The van der Waals surface area contributed by atoms with Crippen molar-refractivity contribution in [2.24, 2.45) is 17.8 Å². The molecule has 5 nitrogen and oxygen atoms in total. The van der Waals surface area contributed by atoms with Crippen molar-refractivity contribution >= 4 is 11.9 Å². The average molecular weight is 411 g/mol. The van der Waals surface area contributed by atoms with Gasteiger partial charge in [0, 0.05) is 5.92 Å². The van der Waals surface area contributed by atoms with Gasteiger partial charge in [0.25, 0.3) is 0 Å². The van der Waals surface area contributed by atoms with Crippen molar-refractivity contribution in [3.8, 4) is 0 Å². The topological polar surface area (TPSA) is 61.8 Å². The van der Waals surface area contributed by atoms with Crippen molar-refractivity contribution in [3.05, 3.63) is 71.8 Å². The Balaban J connectivity index is 1.82. The molecule has 1 aliphatic heterocycles. The monoisotopic (exact) mass is 410 g/mol. The highest BCUT2D eigenvalue weighted by atomic mass is 16.7. The molecule has 1 unspecified atom stereocenters. The Hall–Kier alpha value is -2.66. The van der Waals surface area contributed by atoms with Crippen molar-refractivity contribution < 1.29 is 23.8 Å². The number of carbonyl (C=O) groups is 2. The third-order valence-electron chi connectivity index (χ3n) is 5.70. The van der Waals surface area contributed by atoms with E-state index in [4.69, 9.17) is 14.2 Å². The van der Waals surface area contributed by atoms with E-state index < -0.39 is 24.3 Å². The molecule has 0 saturated carbocycles. The summed E-state index contributed by atoms with van der Waals surface area (Å²) in [5, 5.41) is 0. The van der Waals surface area contributed by atoms with Gasteiger partial charge in [-0.25, -0.2) is 9.59 Å². The second kappa shape index (κ2) is 9.90. The number of esters is 2. The maximum Gasteiger partial charge on any atom is 0.340 e. The molecule has 160 valence electrons. The first-order chi connectivity index (χ1) is 14.4. The minimum absolute atomic E-state index is 0.0382. The van der Waals surface area contributed by atoms with Gasteiger partial charge in [0.15, 0.2) is 6.10 Å². The SMILES string of the molecule is CC(C)C[C@@H]1OC(OC(=O)c2ccccc2)[C@H](OC(=O)c2ccccc2)[C@H](C)[C@H]1C. The molecule has 0 bridgehead atoms. The van der Waals surface area contributed by atoms with E-state index in [1.807, 2.05) is 19.1 Å². The molecule has 1 aliphatic rings. The fourth-order valence-corrected chi connectivity index (χ4v) is 3.77. The molecule has 0 aromatic heterocycles. The minimum Gasteiger partial charge on any atom is -0.452 e. The smallest absolute Gasteiger partial charge is 0.340 e. The minimum atomic E-state index is -0.958. The Morgan fingerprint density at radius 3 is 1.83 bits per heavy atom. The summed E-state index contributed by atoms with van der Waals surface area (Å²) in [6.07, 6.45) is -0.895. The second-order valence-corrected chi connectivity index (χ2v) is 8.40. The van der Waals surface area contributed by atoms with Gasteiger partial charge < -0.3 is 14.2 Å². The number of hydrogen-bond acceptors (Lipinski definition) is 5. The van der Waals surface area contributed by atoms with E-state index in [0.717, 1.165) is 6.42 Å². The van der Waals surface area contributed by atoms with Crippen LogP contribution in [0.4, 0.5) is 0 Å². The Morgan fingerprint density at radius 1 is 0.833 bits per heavy atom. The van der Waals surface area contributed by atoms with E-state index >= 15 is 0 Å². The number of benzene rings is 2. The van der Waals surface area contributed by atoms with Gasteiger partial charge in [-0.15, -0.1) is 0 Å². The molecule has 1 saturated heterocycles. The predicted octanol–water partition coefficient (Wildman–Crippen LogP) is 5.11.